The zero-order valence-electron chi connectivity index (χ0n) is 21.2. The molecule has 0 amide bonds. The van der Waals surface area contributed by atoms with Crippen molar-refractivity contribution < 1.29 is 13.9 Å². The number of carbonyl (C=O) groups is 1. The lowest BCUT2D eigenvalue weighted by molar-refractivity contribution is 0.0601. The summed E-state index contributed by atoms with van der Waals surface area (Å²) in [6.07, 6.45) is 0. The summed E-state index contributed by atoms with van der Waals surface area (Å²) in [5.74, 6) is -0.348. The Morgan fingerprint density at radius 3 is 2.13 bits per heavy atom. The van der Waals surface area contributed by atoms with Gasteiger partial charge in [0.1, 0.15) is 11.2 Å². The first-order chi connectivity index (χ1) is 19.2. The Bertz CT molecular complexity index is 2290. The van der Waals surface area contributed by atoms with E-state index in [0.717, 1.165) is 33.1 Å². The molecular weight excluding hydrogens is 480 g/mol. The van der Waals surface area contributed by atoms with Gasteiger partial charge >= 0.3 is 5.97 Å². The van der Waals surface area contributed by atoms with Crippen LogP contribution in [-0.2, 0) is 4.74 Å². The lowest BCUT2D eigenvalue weighted by Crippen LogP contribution is -2.03. The van der Waals surface area contributed by atoms with E-state index in [2.05, 4.69) is 78.9 Å². The van der Waals surface area contributed by atoms with Crippen LogP contribution in [0.3, 0.4) is 0 Å². The SMILES string of the molecule is COC(=O)c1ccccc1-c1ccc2oc3cc4c5ccccc5c5c6ccccc6ccc5c4cc3c2c1. The van der Waals surface area contributed by atoms with Crippen LogP contribution in [0.5, 0.6) is 0 Å². The van der Waals surface area contributed by atoms with E-state index in [9.17, 15) is 4.79 Å². The average Bonchev–Trinajstić information content (AvgIpc) is 3.36. The van der Waals surface area contributed by atoms with Crippen molar-refractivity contribution in [2.45, 2.75) is 0 Å². The van der Waals surface area contributed by atoms with Crippen molar-refractivity contribution in [2.24, 2.45) is 0 Å². The van der Waals surface area contributed by atoms with Gasteiger partial charge in [-0.3, -0.25) is 0 Å². The molecule has 0 aliphatic heterocycles. The zero-order valence-corrected chi connectivity index (χ0v) is 21.2. The van der Waals surface area contributed by atoms with Crippen molar-refractivity contribution in [3.63, 3.8) is 0 Å². The van der Waals surface area contributed by atoms with Gasteiger partial charge < -0.3 is 9.15 Å². The van der Waals surface area contributed by atoms with Gasteiger partial charge in [-0.1, -0.05) is 84.9 Å². The van der Waals surface area contributed by atoms with Crippen LogP contribution < -0.4 is 0 Å². The zero-order chi connectivity index (χ0) is 26.1. The number of fused-ring (bicyclic) bond motifs is 11. The van der Waals surface area contributed by atoms with Gasteiger partial charge in [-0.25, -0.2) is 4.79 Å². The fraction of sp³-hybridized carbons (Fsp3) is 0.0278. The van der Waals surface area contributed by atoms with E-state index in [4.69, 9.17) is 9.15 Å². The fourth-order valence-corrected chi connectivity index (χ4v) is 6.18. The highest BCUT2D eigenvalue weighted by atomic mass is 16.5. The second-order valence-electron chi connectivity index (χ2n) is 10.00. The third kappa shape index (κ3) is 3.14. The van der Waals surface area contributed by atoms with Crippen molar-refractivity contribution >= 4 is 71.0 Å². The molecule has 0 bridgehead atoms. The van der Waals surface area contributed by atoms with E-state index in [0.29, 0.717) is 5.56 Å². The highest BCUT2D eigenvalue weighted by Crippen LogP contribution is 2.42. The van der Waals surface area contributed by atoms with Crippen LogP contribution >= 0.6 is 0 Å². The van der Waals surface area contributed by atoms with Crippen LogP contribution in [0.1, 0.15) is 10.4 Å². The molecule has 0 fully saturated rings. The molecule has 0 N–H and O–H groups in total. The number of carbonyl (C=O) groups excluding carboxylic acids is 1. The van der Waals surface area contributed by atoms with Crippen molar-refractivity contribution in [3.05, 3.63) is 121 Å². The smallest absolute Gasteiger partial charge is 0.338 e. The Hall–Kier alpha value is -5.15. The number of rotatable bonds is 2. The summed E-state index contributed by atoms with van der Waals surface area (Å²) in [6.45, 7) is 0. The molecule has 0 aliphatic carbocycles. The molecule has 0 unspecified atom stereocenters. The first-order valence-electron chi connectivity index (χ1n) is 13.0. The molecular formula is C36H22O3. The van der Waals surface area contributed by atoms with Crippen LogP contribution in [0, 0.1) is 0 Å². The molecule has 3 nitrogen and oxygen atoms in total. The topological polar surface area (TPSA) is 39.4 Å². The molecule has 1 heterocycles. The first-order valence-corrected chi connectivity index (χ1v) is 13.0. The third-order valence-corrected chi connectivity index (χ3v) is 7.96. The Labute approximate surface area is 223 Å². The second-order valence-corrected chi connectivity index (χ2v) is 10.00. The van der Waals surface area contributed by atoms with E-state index < -0.39 is 0 Å². The van der Waals surface area contributed by atoms with Crippen molar-refractivity contribution in [1.82, 2.24) is 0 Å². The summed E-state index contributed by atoms with van der Waals surface area (Å²) in [4.78, 5) is 12.5. The minimum atomic E-state index is -0.348. The molecule has 184 valence electrons. The van der Waals surface area contributed by atoms with Crippen LogP contribution in [0.4, 0.5) is 0 Å². The summed E-state index contributed by atoms with van der Waals surface area (Å²) in [5, 5.41) is 11.9. The van der Waals surface area contributed by atoms with Crippen LogP contribution in [0.25, 0.3) is 76.2 Å². The number of hydrogen-bond acceptors (Lipinski definition) is 3. The largest absolute Gasteiger partial charge is 0.465 e. The molecule has 3 heteroatoms. The minimum Gasteiger partial charge on any atom is -0.465 e. The Kier molecular flexibility index (Phi) is 4.59. The predicted octanol–water partition coefficient (Wildman–Crippen LogP) is 9.65. The van der Waals surface area contributed by atoms with Gasteiger partial charge in [-0.05, 0) is 84.5 Å². The van der Waals surface area contributed by atoms with Crippen molar-refractivity contribution in [3.8, 4) is 11.1 Å². The molecule has 0 saturated carbocycles. The highest BCUT2D eigenvalue weighted by Gasteiger charge is 2.17. The maximum Gasteiger partial charge on any atom is 0.338 e. The number of furan rings is 1. The lowest BCUT2D eigenvalue weighted by atomic mass is 9.90. The van der Waals surface area contributed by atoms with Crippen LogP contribution in [-0.4, -0.2) is 13.1 Å². The molecule has 39 heavy (non-hydrogen) atoms. The maximum atomic E-state index is 12.5. The van der Waals surface area contributed by atoms with Gasteiger partial charge in [0.05, 0.1) is 12.7 Å². The first kappa shape index (κ1) is 21.9. The number of methoxy groups -OCH3 is 1. The summed E-state index contributed by atoms with van der Waals surface area (Å²) >= 11 is 0. The molecule has 8 rings (SSSR count). The van der Waals surface area contributed by atoms with Crippen LogP contribution in [0.2, 0.25) is 0 Å². The number of esters is 1. The molecule has 0 aliphatic rings. The van der Waals surface area contributed by atoms with E-state index in [1.165, 1.54) is 50.2 Å². The summed E-state index contributed by atoms with van der Waals surface area (Å²) < 4.78 is 11.4. The Morgan fingerprint density at radius 1 is 0.564 bits per heavy atom. The lowest BCUT2D eigenvalue weighted by Gasteiger charge is -2.13. The van der Waals surface area contributed by atoms with Crippen LogP contribution in [0.15, 0.2) is 120 Å². The molecule has 0 spiro atoms. The Morgan fingerprint density at radius 2 is 1.26 bits per heavy atom. The van der Waals surface area contributed by atoms with Crippen molar-refractivity contribution in [1.29, 1.82) is 0 Å². The fourth-order valence-electron chi connectivity index (χ4n) is 6.18. The van der Waals surface area contributed by atoms with Gasteiger partial charge in [0.2, 0.25) is 0 Å². The summed E-state index contributed by atoms with van der Waals surface area (Å²) in [6, 6.07) is 39.8. The van der Waals surface area contributed by atoms with Gasteiger partial charge in [0, 0.05) is 10.8 Å². The summed E-state index contributed by atoms with van der Waals surface area (Å²) in [5.41, 5.74) is 3.99. The number of hydrogen-bond donors (Lipinski definition) is 0. The highest BCUT2D eigenvalue weighted by molar-refractivity contribution is 6.33. The van der Waals surface area contributed by atoms with Gasteiger partial charge in [0.15, 0.2) is 0 Å². The standard InChI is InChI=1S/C36H22O3/c1-38-36(37)28-13-7-4-9-23(28)22-15-17-33-31(18-22)32-19-29-27-16-14-21-8-2-3-10-24(21)35(27)26-12-6-5-11-25(26)30(29)20-34(32)39-33/h2-20H,1H3. The monoisotopic (exact) mass is 502 g/mol. The normalized spacial score (nSPS) is 11.8. The average molecular weight is 503 g/mol. The van der Waals surface area contributed by atoms with E-state index in [1.807, 2.05) is 30.3 Å². The summed E-state index contributed by atoms with van der Waals surface area (Å²) in [7, 11) is 1.41. The number of benzene rings is 7. The third-order valence-electron chi connectivity index (χ3n) is 7.96. The molecule has 8 aromatic rings. The minimum absolute atomic E-state index is 0.348. The molecule has 7 aromatic carbocycles. The number of ether oxygens (including phenoxy) is 1. The molecule has 1 aromatic heterocycles. The molecule has 0 radical (unpaired) electrons. The van der Waals surface area contributed by atoms with Gasteiger partial charge in [-0.2, -0.15) is 0 Å². The molecule has 0 atom stereocenters. The van der Waals surface area contributed by atoms with E-state index in [-0.39, 0.29) is 5.97 Å². The quantitative estimate of drug-likeness (QED) is 0.174. The van der Waals surface area contributed by atoms with E-state index in [1.54, 1.807) is 6.07 Å². The molecule has 0 saturated heterocycles. The maximum absolute atomic E-state index is 12.5. The predicted molar refractivity (Wildman–Crippen MR) is 161 cm³/mol. The second kappa shape index (κ2) is 8.17. The van der Waals surface area contributed by atoms with E-state index >= 15 is 0 Å². The van der Waals surface area contributed by atoms with Gasteiger partial charge in [0.25, 0.3) is 0 Å². The van der Waals surface area contributed by atoms with Crippen molar-refractivity contribution in [2.75, 3.05) is 7.11 Å². The van der Waals surface area contributed by atoms with Gasteiger partial charge in [-0.15, -0.1) is 0 Å². The Balaban J connectivity index is 1.48.